The van der Waals surface area contributed by atoms with E-state index in [0.717, 1.165) is 6.07 Å². The predicted molar refractivity (Wildman–Crippen MR) is 102 cm³/mol. The number of halogens is 3. The molecule has 12 heteroatoms. The highest BCUT2D eigenvalue weighted by Gasteiger charge is 2.35. The van der Waals surface area contributed by atoms with Crippen molar-refractivity contribution in [3.8, 4) is 11.5 Å². The molecule has 30 heavy (non-hydrogen) atoms. The van der Waals surface area contributed by atoms with E-state index in [9.17, 15) is 21.6 Å². The van der Waals surface area contributed by atoms with Crippen LogP contribution < -0.4 is 14.4 Å². The maximum absolute atomic E-state index is 13.1. The molecule has 0 spiro atoms. The van der Waals surface area contributed by atoms with Crippen molar-refractivity contribution in [1.29, 1.82) is 0 Å². The number of aromatic nitrogens is 2. The highest BCUT2D eigenvalue weighted by Crippen LogP contribution is 2.32. The lowest BCUT2D eigenvalue weighted by Crippen LogP contribution is -2.49. The smallest absolute Gasteiger partial charge is 0.433 e. The first-order valence-corrected chi connectivity index (χ1v) is 10.4. The van der Waals surface area contributed by atoms with E-state index in [1.54, 1.807) is 11.0 Å². The van der Waals surface area contributed by atoms with Crippen molar-refractivity contribution in [1.82, 2.24) is 14.3 Å². The van der Waals surface area contributed by atoms with Gasteiger partial charge in [-0.05, 0) is 19.1 Å². The number of nitrogens with zero attached hydrogens (tertiary/aromatic N) is 4. The Balaban J connectivity index is 1.81. The first-order valence-electron chi connectivity index (χ1n) is 8.96. The molecule has 0 atom stereocenters. The maximum Gasteiger partial charge on any atom is 0.433 e. The molecule has 1 aliphatic heterocycles. The third-order valence-corrected chi connectivity index (χ3v) is 6.59. The fourth-order valence-electron chi connectivity index (χ4n) is 3.14. The maximum atomic E-state index is 13.1. The molecule has 0 radical (unpaired) electrons. The molecular formula is C18H21F3N4O4S. The molecule has 0 amide bonds. The van der Waals surface area contributed by atoms with E-state index < -0.39 is 21.9 Å². The van der Waals surface area contributed by atoms with Crippen molar-refractivity contribution in [3.05, 3.63) is 35.8 Å². The molecule has 0 saturated carbocycles. The minimum absolute atomic E-state index is 0.00371. The van der Waals surface area contributed by atoms with Gasteiger partial charge in [0.05, 0.1) is 14.2 Å². The highest BCUT2D eigenvalue weighted by molar-refractivity contribution is 7.89. The largest absolute Gasteiger partial charge is 0.497 e. The summed E-state index contributed by atoms with van der Waals surface area (Å²) in [6, 6.07) is 5.35. The molecule has 8 nitrogen and oxygen atoms in total. The van der Waals surface area contributed by atoms with Crippen LogP contribution in [0.4, 0.5) is 19.0 Å². The molecule has 0 bridgehead atoms. The number of hydrogen-bond acceptors (Lipinski definition) is 7. The van der Waals surface area contributed by atoms with Crippen LogP contribution in [0.1, 0.15) is 11.5 Å². The molecular weight excluding hydrogens is 425 g/mol. The summed E-state index contributed by atoms with van der Waals surface area (Å²) in [6.45, 7) is 1.90. The molecule has 3 rings (SSSR count). The van der Waals surface area contributed by atoms with E-state index in [-0.39, 0.29) is 48.5 Å². The van der Waals surface area contributed by atoms with E-state index in [1.807, 2.05) is 0 Å². The monoisotopic (exact) mass is 446 g/mol. The summed E-state index contributed by atoms with van der Waals surface area (Å²) in [5.41, 5.74) is -1.03. The summed E-state index contributed by atoms with van der Waals surface area (Å²) in [6.07, 6.45) is -4.59. The summed E-state index contributed by atoms with van der Waals surface area (Å²) < 4.78 is 76.9. The molecule has 0 unspecified atom stereocenters. The number of methoxy groups -OCH3 is 2. The number of rotatable bonds is 5. The average molecular weight is 446 g/mol. The van der Waals surface area contributed by atoms with Crippen LogP contribution in [0.3, 0.4) is 0 Å². The molecule has 1 fully saturated rings. The van der Waals surface area contributed by atoms with Crippen LogP contribution in [0.15, 0.2) is 29.2 Å². The minimum atomic E-state index is -4.59. The van der Waals surface area contributed by atoms with Crippen molar-refractivity contribution in [2.24, 2.45) is 0 Å². The lowest BCUT2D eigenvalue weighted by Gasteiger charge is -2.35. The van der Waals surface area contributed by atoms with Crippen LogP contribution in [0.2, 0.25) is 0 Å². The standard InChI is InChI=1S/C18H21F3N4O4S/c1-12-22-16(18(19,20)21)11-17(23-12)24-6-8-25(9-7-24)30(26,27)15-10-13(28-2)4-5-14(15)29-3/h4-5,10-11H,6-9H2,1-3H3. The number of ether oxygens (including phenoxy) is 2. The molecule has 1 aliphatic rings. The van der Waals surface area contributed by atoms with Crippen molar-refractivity contribution < 1.29 is 31.1 Å². The molecule has 2 aromatic rings. The van der Waals surface area contributed by atoms with Gasteiger partial charge in [0.15, 0.2) is 0 Å². The van der Waals surface area contributed by atoms with Crippen molar-refractivity contribution >= 4 is 15.8 Å². The molecule has 164 valence electrons. The molecule has 2 heterocycles. The normalized spacial score (nSPS) is 15.9. The summed E-state index contributed by atoms with van der Waals surface area (Å²) in [4.78, 5) is 9.09. The molecule has 1 aromatic heterocycles. The quantitative estimate of drug-likeness (QED) is 0.697. The van der Waals surface area contributed by atoms with Crippen LogP contribution in [0.25, 0.3) is 0 Å². The number of anilines is 1. The van der Waals surface area contributed by atoms with E-state index in [2.05, 4.69) is 9.97 Å². The molecule has 1 saturated heterocycles. The van der Waals surface area contributed by atoms with Crippen molar-refractivity contribution in [2.75, 3.05) is 45.3 Å². The number of sulfonamides is 1. The number of hydrogen-bond donors (Lipinski definition) is 0. The van der Waals surface area contributed by atoms with Gasteiger partial charge in [0, 0.05) is 38.3 Å². The number of piperazine rings is 1. The Bertz CT molecular complexity index is 1020. The summed E-state index contributed by atoms with van der Waals surface area (Å²) >= 11 is 0. The van der Waals surface area contributed by atoms with Crippen LogP contribution in [0, 0.1) is 6.92 Å². The Morgan fingerprint density at radius 3 is 2.23 bits per heavy atom. The topological polar surface area (TPSA) is 84.9 Å². The Hall–Kier alpha value is -2.60. The van der Waals surface area contributed by atoms with Gasteiger partial charge in [0.2, 0.25) is 10.0 Å². The Morgan fingerprint density at radius 2 is 1.67 bits per heavy atom. The van der Waals surface area contributed by atoms with Crippen LogP contribution in [0.5, 0.6) is 11.5 Å². The zero-order chi connectivity index (χ0) is 22.1. The lowest BCUT2D eigenvalue weighted by atomic mass is 10.3. The molecule has 1 aromatic carbocycles. The molecule has 0 aliphatic carbocycles. The van der Waals surface area contributed by atoms with E-state index in [0.29, 0.717) is 5.75 Å². The summed E-state index contributed by atoms with van der Waals surface area (Å²) in [7, 11) is -1.10. The SMILES string of the molecule is COc1ccc(OC)c(S(=O)(=O)N2CCN(c3cc(C(F)(F)F)nc(C)n3)CC2)c1. The Labute approximate surface area is 172 Å². The van der Waals surface area contributed by atoms with E-state index in [1.165, 1.54) is 37.6 Å². The minimum Gasteiger partial charge on any atom is -0.497 e. The second-order valence-electron chi connectivity index (χ2n) is 6.56. The fraction of sp³-hybridized carbons (Fsp3) is 0.444. The average Bonchev–Trinajstić information content (AvgIpc) is 2.72. The van der Waals surface area contributed by atoms with E-state index in [4.69, 9.17) is 9.47 Å². The van der Waals surface area contributed by atoms with Crippen LogP contribution in [-0.4, -0.2) is 63.1 Å². The highest BCUT2D eigenvalue weighted by atomic mass is 32.2. The van der Waals surface area contributed by atoms with Gasteiger partial charge in [-0.15, -0.1) is 0 Å². The van der Waals surface area contributed by atoms with Gasteiger partial charge in [-0.1, -0.05) is 0 Å². The van der Waals surface area contributed by atoms with Gasteiger partial charge in [-0.2, -0.15) is 17.5 Å². The van der Waals surface area contributed by atoms with Crippen LogP contribution >= 0.6 is 0 Å². The number of aryl methyl sites for hydroxylation is 1. The zero-order valence-corrected chi connectivity index (χ0v) is 17.4. The van der Waals surface area contributed by atoms with Crippen molar-refractivity contribution in [3.63, 3.8) is 0 Å². The van der Waals surface area contributed by atoms with Crippen molar-refractivity contribution in [2.45, 2.75) is 18.0 Å². The van der Waals surface area contributed by atoms with Gasteiger partial charge >= 0.3 is 6.18 Å². The van der Waals surface area contributed by atoms with Crippen LogP contribution in [-0.2, 0) is 16.2 Å². The zero-order valence-electron chi connectivity index (χ0n) is 16.6. The number of alkyl halides is 3. The van der Waals surface area contributed by atoms with Gasteiger partial charge in [0.25, 0.3) is 0 Å². The predicted octanol–water partition coefficient (Wildman–Crippen LogP) is 2.33. The lowest BCUT2D eigenvalue weighted by molar-refractivity contribution is -0.141. The molecule has 0 N–H and O–H groups in total. The van der Waals surface area contributed by atoms with Gasteiger partial charge in [-0.25, -0.2) is 18.4 Å². The van der Waals surface area contributed by atoms with Gasteiger partial charge < -0.3 is 14.4 Å². The first-order chi connectivity index (χ1) is 14.1. The Kier molecular flexibility index (Phi) is 6.09. The number of benzene rings is 1. The Morgan fingerprint density at radius 1 is 1.00 bits per heavy atom. The fourth-order valence-corrected chi connectivity index (χ4v) is 4.73. The third-order valence-electron chi connectivity index (χ3n) is 4.67. The van der Waals surface area contributed by atoms with Gasteiger partial charge in [-0.3, -0.25) is 0 Å². The van der Waals surface area contributed by atoms with E-state index >= 15 is 0 Å². The summed E-state index contributed by atoms with van der Waals surface area (Å²) in [5, 5.41) is 0. The second-order valence-corrected chi connectivity index (χ2v) is 8.47. The first kappa shape index (κ1) is 22.1. The summed E-state index contributed by atoms with van der Waals surface area (Å²) in [5.74, 6) is 0.658. The van der Waals surface area contributed by atoms with Gasteiger partial charge in [0.1, 0.15) is 33.7 Å². The second kappa shape index (κ2) is 8.26. The third kappa shape index (κ3) is 4.43.